The minimum atomic E-state index is -2.60. The Morgan fingerprint density at radius 2 is 2.11 bits per heavy atom. The average molecular weight is 292 g/mol. The van der Waals surface area contributed by atoms with Gasteiger partial charge in [0.05, 0.1) is 11.4 Å². The highest BCUT2D eigenvalue weighted by atomic mass is 35.5. The molecule has 0 aliphatic heterocycles. The molecule has 5 nitrogen and oxygen atoms in total. The summed E-state index contributed by atoms with van der Waals surface area (Å²) in [6, 6.07) is 3.48. The zero-order valence-electron chi connectivity index (χ0n) is 10.5. The van der Waals surface area contributed by atoms with Gasteiger partial charge in [-0.05, 0) is 19.1 Å². The molecule has 8 heteroatoms. The van der Waals surface area contributed by atoms with E-state index in [1.165, 1.54) is 6.20 Å². The van der Waals surface area contributed by atoms with E-state index in [1.54, 1.807) is 6.07 Å². The van der Waals surface area contributed by atoms with E-state index < -0.39 is 6.55 Å². The predicted octanol–water partition coefficient (Wildman–Crippen LogP) is 2.21. The molecule has 0 saturated heterocycles. The third kappa shape index (κ3) is 4.00. The highest BCUT2D eigenvalue weighted by molar-refractivity contribution is 5.85. The fraction of sp³-hybridized carbons (Fsp3) is 0.455. The molecule has 2 rings (SSSR count). The third-order valence-electron chi connectivity index (χ3n) is 2.57. The lowest BCUT2D eigenvalue weighted by Gasteiger charge is -2.06. The number of nitrogens with one attached hydrogen (secondary N) is 1. The number of hydrogen-bond acceptors (Lipinski definition) is 3. The van der Waals surface area contributed by atoms with Gasteiger partial charge in [0, 0.05) is 32.0 Å². The van der Waals surface area contributed by atoms with Crippen LogP contribution in [0.2, 0.25) is 0 Å². The molecule has 0 aliphatic rings. The second-order valence-corrected chi connectivity index (χ2v) is 3.81. The molecular weight excluding hydrogens is 276 g/mol. The van der Waals surface area contributed by atoms with Crippen LogP contribution in [0.25, 0.3) is 0 Å². The standard InChI is InChI=1S/C11H15F2N5.ClH/c1-2-17-6-4-9(16-17)7-14-8-10-3-5-15-18(10)11(12)13;/h3-6,11,14H,2,7-8H2,1H3;1H. The molecule has 106 valence electrons. The van der Waals surface area contributed by atoms with Gasteiger partial charge in [-0.3, -0.25) is 4.68 Å². The second kappa shape index (κ2) is 7.20. The fourth-order valence-electron chi connectivity index (χ4n) is 1.65. The zero-order chi connectivity index (χ0) is 13.0. The summed E-state index contributed by atoms with van der Waals surface area (Å²) in [6.07, 6.45) is 3.26. The molecule has 1 N–H and O–H groups in total. The third-order valence-corrected chi connectivity index (χ3v) is 2.57. The van der Waals surface area contributed by atoms with Crippen LogP contribution in [0, 0.1) is 0 Å². The van der Waals surface area contributed by atoms with E-state index in [-0.39, 0.29) is 12.4 Å². The van der Waals surface area contributed by atoms with Gasteiger partial charge in [-0.15, -0.1) is 12.4 Å². The van der Waals surface area contributed by atoms with Gasteiger partial charge in [-0.2, -0.15) is 19.0 Å². The first-order chi connectivity index (χ1) is 8.70. The Hall–Kier alpha value is -1.47. The zero-order valence-corrected chi connectivity index (χ0v) is 11.3. The van der Waals surface area contributed by atoms with Gasteiger partial charge < -0.3 is 5.32 Å². The van der Waals surface area contributed by atoms with Crippen molar-refractivity contribution in [3.05, 3.63) is 35.9 Å². The number of aromatic nitrogens is 4. The molecule has 0 radical (unpaired) electrons. The van der Waals surface area contributed by atoms with Crippen LogP contribution in [0.5, 0.6) is 0 Å². The molecule has 2 heterocycles. The molecule has 0 atom stereocenters. The number of hydrogen-bond donors (Lipinski definition) is 1. The molecule has 0 amide bonds. The lowest BCUT2D eigenvalue weighted by molar-refractivity contribution is 0.0531. The highest BCUT2D eigenvalue weighted by Crippen LogP contribution is 2.11. The molecule has 19 heavy (non-hydrogen) atoms. The number of aryl methyl sites for hydroxylation is 1. The van der Waals surface area contributed by atoms with E-state index >= 15 is 0 Å². The fourth-order valence-corrected chi connectivity index (χ4v) is 1.65. The first-order valence-corrected chi connectivity index (χ1v) is 5.74. The number of alkyl halides is 2. The summed E-state index contributed by atoms with van der Waals surface area (Å²) < 4.78 is 27.6. The molecule has 0 spiro atoms. The summed E-state index contributed by atoms with van der Waals surface area (Å²) in [5.74, 6) is 0. The first kappa shape index (κ1) is 15.6. The van der Waals surface area contributed by atoms with Crippen LogP contribution in [-0.2, 0) is 19.6 Å². The van der Waals surface area contributed by atoms with Gasteiger partial charge in [0.15, 0.2) is 0 Å². The molecular formula is C11H16ClF2N5. The second-order valence-electron chi connectivity index (χ2n) is 3.81. The van der Waals surface area contributed by atoms with Crippen LogP contribution < -0.4 is 5.32 Å². The maximum Gasteiger partial charge on any atom is 0.333 e. The Kier molecular flexibility index (Phi) is 5.91. The minimum absolute atomic E-state index is 0. The Bertz CT molecular complexity index is 497. The van der Waals surface area contributed by atoms with E-state index in [0.29, 0.717) is 23.5 Å². The minimum Gasteiger partial charge on any atom is -0.305 e. The van der Waals surface area contributed by atoms with Crippen LogP contribution in [0.4, 0.5) is 8.78 Å². The van der Waals surface area contributed by atoms with Crippen LogP contribution in [0.3, 0.4) is 0 Å². The highest BCUT2D eigenvalue weighted by Gasteiger charge is 2.10. The molecule has 0 saturated carbocycles. The summed E-state index contributed by atoms with van der Waals surface area (Å²) in [4.78, 5) is 0. The molecule has 0 fully saturated rings. The summed E-state index contributed by atoms with van der Waals surface area (Å²) in [7, 11) is 0. The van der Waals surface area contributed by atoms with Crippen molar-refractivity contribution in [3.8, 4) is 0 Å². The first-order valence-electron chi connectivity index (χ1n) is 5.74. The lowest BCUT2D eigenvalue weighted by Crippen LogP contribution is -2.17. The number of nitrogens with zero attached hydrogens (tertiary/aromatic N) is 4. The van der Waals surface area contributed by atoms with E-state index in [2.05, 4.69) is 15.5 Å². The maximum atomic E-state index is 12.5. The molecule has 2 aromatic heterocycles. The van der Waals surface area contributed by atoms with Gasteiger partial charge in [0.2, 0.25) is 0 Å². The van der Waals surface area contributed by atoms with Crippen LogP contribution >= 0.6 is 12.4 Å². The van der Waals surface area contributed by atoms with Crippen molar-refractivity contribution in [2.75, 3.05) is 0 Å². The number of rotatable bonds is 6. The molecule has 0 aromatic carbocycles. The lowest BCUT2D eigenvalue weighted by atomic mass is 10.4. The maximum absolute atomic E-state index is 12.5. The van der Waals surface area contributed by atoms with Gasteiger partial charge in [-0.1, -0.05) is 0 Å². The van der Waals surface area contributed by atoms with Gasteiger partial charge in [0.25, 0.3) is 0 Å². The van der Waals surface area contributed by atoms with Crippen LogP contribution in [0.15, 0.2) is 24.5 Å². The van der Waals surface area contributed by atoms with E-state index in [4.69, 9.17) is 0 Å². The van der Waals surface area contributed by atoms with Gasteiger partial charge in [-0.25, -0.2) is 4.68 Å². The topological polar surface area (TPSA) is 47.7 Å². The summed E-state index contributed by atoms with van der Waals surface area (Å²) in [6.45, 7) is 1.10. The largest absolute Gasteiger partial charge is 0.333 e. The molecule has 0 aliphatic carbocycles. The normalized spacial score (nSPS) is 10.7. The van der Waals surface area contributed by atoms with Crippen molar-refractivity contribution < 1.29 is 8.78 Å². The van der Waals surface area contributed by atoms with E-state index in [1.807, 2.05) is 23.9 Å². The SMILES string of the molecule is CCn1ccc(CNCc2ccnn2C(F)F)n1.Cl. The van der Waals surface area contributed by atoms with Crippen molar-refractivity contribution >= 4 is 12.4 Å². The summed E-state index contributed by atoms with van der Waals surface area (Å²) in [5.41, 5.74) is 1.35. The van der Waals surface area contributed by atoms with Crippen molar-refractivity contribution in [1.82, 2.24) is 24.9 Å². The van der Waals surface area contributed by atoms with E-state index in [0.717, 1.165) is 12.2 Å². The Labute approximate surface area is 116 Å². The smallest absolute Gasteiger partial charge is 0.305 e. The Balaban J connectivity index is 0.00000180. The van der Waals surface area contributed by atoms with Crippen molar-refractivity contribution in [1.29, 1.82) is 0 Å². The predicted molar refractivity (Wildman–Crippen MR) is 69.2 cm³/mol. The quantitative estimate of drug-likeness (QED) is 0.888. The van der Waals surface area contributed by atoms with Crippen molar-refractivity contribution in [2.24, 2.45) is 0 Å². The van der Waals surface area contributed by atoms with Crippen molar-refractivity contribution in [3.63, 3.8) is 0 Å². The number of halogens is 3. The molecule has 0 bridgehead atoms. The van der Waals surface area contributed by atoms with Crippen LogP contribution in [0.1, 0.15) is 24.9 Å². The Morgan fingerprint density at radius 1 is 1.32 bits per heavy atom. The molecule has 2 aromatic rings. The van der Waals surface area contributed by atoms with Gasteiger partial charge in [0.1, 0.15) is 0 Å². The molecule has 0 unspecified atom stereocenters. The average Bonchev–Trinajstić information content (AvgIpc) is 2.97. The summed E-state index contributed by atoms with van der Waals surface area (Å²) in [5, 5.41) is 10.9. The van der Waals surface area contributed by atoms with Gasteiger partial charge >= 0.3 is 6.55 Å². The summed E-state index contributed by atoms with van der Waals surface area (Å²) >= 11 is 0. The Morgan fingerprint density at radius 3 is 2.74 bits per heavy atom. The van der Waals surface area contributed by atoms with Crippen molar-refractivity contribution in [2.45, 2.75) is 33.1 Å². The van der Waals surface area contributed by atoms with E-state index in [9.17, 15) is 8.78 Å². The van der Waals surface area contributed by atoms with Crippen LogP contribution in [-0.4, -0.2) is 19.6 Å². The monoisotopic (exact) mass is 291 g/mol.